The Bertz CT molecular complexity index is 1060. The second-order valence-electron chi connectivity index (χ2n) is 6.71. The summed E-state index contributed by atoms with van der Waals surface area (Å²) in [5.41, 5.74) is 2.65. The van der Waals surface area contributed by atoms with Crippen molar-refractivity contribution in [1.82, 2.24) is 9.55 Å². The highest BCUT2D eigenvalue weighted by molar-refractivity contribution is 8.00. The Morgan fingerprint density at radius 2 is 2.10 bits per heavy atom. The number of ether oxygens (including phenoxy) is 1. The third kappa shape index (κ3) is 4.54. The fourth-order valence-electron chi connectivity index (χ4n) is 3.43. The number of methoxy groups -OCH3 is 1. The van der Waals surface area contributed by atoms with Crippen LogP contribution in [0.25, 0.3) is 0 Å². The molecule has 0 radical (unpaired) electrons. The number of thiophene rings is 1. The minimum Gasteiger partial charge on any atom is -0.497 e. The van der Waals surface area contributed by atoms with E-state index in [0.717, 1.165) is 41.1 Å². The van der Waals surface area contributed by atoms with Gasteiger partial charge >= 0.3 is 5.69 Å². The smallest absolute Gasteiger partial charge is 0.349 e. The summed E-state index contributed by atoms with van der Waals surface area (Å²) in [6, 6.07) is 11.2. The molecule has 1 amide bonds. The van der Waals surface area contributed by atoms with E-state index in [1.54, 1.807) is 47.3 Å². The van der Waals surface area contributed by atoms with Gasteiger partial charge < -0.3 is 10.1 Å². The van der Waals surface area contributed by atoms with Crippen molar-refractivity contribution in [2.24, 2.45) is 0 Å². The van der Waals surface area contributed by atoms with Gasteiger partial charge in [0.1, 0.15) is 10.8 Å². The lowest BCUT2D eigenvalue weighted by atomic mass is 10.2. The molecule has 0 unspecified atom stereocenters. The number of amides is 1. The number of hydrogen-bond acceptors (Lipinski definition) is 6. The van der Waals surface area contributed by atoms with E-state index in [0.29, 0.717) is 17.3 Å². The standard InChI is InChI=1S/C21H21N3O3S2/c1-27-15-9-7-14(8-10-15)22-19(25)13-29-20-17-5-2-6-18(17)24(21(26)23-20)12-16-4-3-11-28-16/h3-4,7-11H,2,5-6,12-13H2,1H3,(H,22,25). The van der Waals surface area contributed by atoms with Crippen LogP contribution in [0.4, 0.5) is 5.69 Å². The van der Waals surface area contributed by atoms with Crippen molar-refractivity contribution >= 4 is 34.7 Å². The molecule has 29 heavy (non-hydrogen) atoms. The average molecular weight is 428 g/mol. The van der Waals surface area contributed by atoms with E-state index in [1.807, 2.05) is 17.5 Å². The van der Waals surface area contributed by atoms with Gasteiger partial charge in [0.25, 0.3) is 0 Å². The zero-order valence-corrected chi connectivity index (χ0v) is 17.6. The van der Waals surface area contributed by atoms with Crippen LogP contribution in [0, 0.1) is 0 Å². The number of thioether (sulfide) groups is 1. The Labute approximate surface area is 176 Å². The minimum absolute atomic E-state index is 0.128. The van der Waals surface area contributed by atoms with E-state index in [1.165, 1.54) is 11.8 Å². The summed E-state index contributed by atoms with van der Waals surface area (Å²) in [6.07, 6.45) is 2.79. The number of anilines is 1. The first-order chi connectivity index (χ1) is 14.1. The van der Waals surface area contributed by atoms with Crippen LogP contribution in [0.2, 0.25) is 0 Å². The van der Waals surface area contributed by atoms with Gasteiger partial charge in [-0.1, -0.05) is 17.8 Å². The summed E-state index contributed by atoms with van der Waals surface area (Å²) in [6.45, 7) is 0.564. The number of benzene rings is 1. The Kier molecular flexibility index (Phi) is 6.01. The zero-order valence-electron chi connectivity index (χ0n) is 16.0. The SMILES string of the molecule is COc1ccc(NC(=O)CSc2nc(=O)n(Cc3cccs3)c3c2CCC3)cc1. The molecule has 0 aliphatic heterocycles. The summed E-state index contributed by atoms with van der Waals surface area (Å²) in [5.74, 6) is 0.816. The molecule has 3 aromatic rings. The maximum absolute atomic E-state index is 12.7. The van der Waals surface area contributed by atoms with Crippen molar-refractivity contribution in [2.45, 2.75) is 30.8 Å². The van der Waals surface area contributed by atoms with Crippen molar-refractivity contribution < 1.29 is 9.53 Å². The molecular formula is C21H21N3O3S2. The Hall–Kier alpha value is -2.58. The van der Waals surface area contributed by atoms with Crippen molar-refractivity contribution in [3.63, 3.8) is 0 Å². The van der Waals surface area contributed by atoms with Gasteiger partial charge in [0, 0.05) is 21.8 Å². The summed E-state index contributed by atoms with van der Waals surface area (Å²) in [5, 5.41) is 5.57. The van der Waals surface area contributed by atoms with Crippen LogP contribution < -0.4 is 15.7 Å². The molecule has 0 spiro atoms. The lowest BCUT2D eigenvalue weighted by Crippen LogP contribution is -2.27. The molecule has 0 bridgehead atoms. The van der Waals surface area contributed by atoms with E-state index in [-0.39, 0.29) is 17.3 Å². The summed E-state index contributed by atoms with van der Waals surface area (Å²) >= 11 is 2.97. The fourth-order valence-corrected chi connectivity index (χ4v) is 5.00. The second-order valence-corrected chi connectivity index (χ2v) is 8.71. The minimum atomic E-state index is -0.239. The molecule has 1 aliphatic carbocycles. The Morgan fingerprint density at radius 1 is 1.28 bits per heavy atom. The van der Waals surface area contributed by atoms with Crippen molar-refractivity contribution in [2.75, 3.05) is 18.2 Å². The van der Waals surface area contributed by atoms with Crippen LogP contribution in [-0.2, 0) is 24.2 Å². The molecule has 2 aromatic heterocycles. The van der Waals surface area contributed by atoms with Crippen LogP contribution in [-0.4, -0.2) is 28.3 Å². The monoisotopic (exact) mass is 427 g/mol. The summed E-state index contributed by atoms with van der Waals surface area (Å²) in [7, 11) is 1.60. The number of carbonyl (C=O) groups excluding carboxylic acids is 1. The summed E-state index contributed by atoms with van der Waals surface area (Å²) < 4.78 is 6.91. The predicted octanol–water partition coefficient (Wildman–Crippen LogP) is 3.58. The van der Waals surface area contributed by atoms with Crippen molar-refractivity contribution in [3.05, 3.63) is 68.4 Å². The number of fused-ring (bicyclic) bond motifs is 1. The van der Waals surface area contributed by atoms with Gasteiger partial charge in [-0.2, -0.15) is 4.98 Å². The van der Waals surface area contributed by atoms with Crippen LogP contribution in [0.3, 0.4) is 0 Å². The number of rotatable bonds is 7. The van der Waals surface area contributed by atoms with Gasteiger partial charge in [-0.15, -0.1) is 11.3 Å². The first kappa shape index (κ1) is 19.7. The molecule has 1 N–H and O–H groups in total. The number of hydrogen-bond donors (Lipinski definition) is 1. The van der Waals surface area contributed by atoms with Crippen LogP contribution >= 0.6 is 23.1 Å². The first-order valence-electron chi connectivity index (χ1n) is 9.35. The van der Waals surface area contributed by atoms with Gasteiger partial charge in [-0.05, 0) is 55.0 Å². The Balaban J connectivity index is 1.46. The predicted molar refractivity (Wildman–Crippen MR) is 116 cm³/mol. The van der Waals surface area contributed by atoms with Gasteiger partial charge in [0.05, 0.1) is 19.4 Å². The number of nitrogens with zero attached hydrogens (tertiary/aromatic N) is 2. The third-order valence-electron chi connectivity index (χ3n) is 4.81. The van der Waals surface area contributed by atoms with Crippen LogP contribution in [0.5, 0.6) is 5.75 Å². The lowest BCUT2D eigenvalue weighted by Gasteiger charge is -2.13. The van der Waals surface area contributed by atoms with Crippen LogP contribution in [0.1, 0.15) is 22.6 Å². The maximum Gasteiger partial charge on any atom is 0.349 e. The molecule has 0 atom stereocenters. The molecule has 1 aromatic carbocycles. The molecule has 4 rings (SSSR count). The van der Waals surface area contributed by atoms with E-state index >= 15 is 0 Å². The van der Waals surface area contributed by atoms with Crippen molar-refractivity contribution in [3.8, 4) is 5.75 Å². The topological polar surface area (TPSA) is 73.2 Å². The van der Waals surface area contributed by atoms with Crippen molar-refractivity contribution in [1.29, 1.82) is 0 Å². The fraction of sp³-hybridized carbons (Fsp3) is 0.286. The molecule has 6 nitrogen and oxygen atoms in total. The number of carbonyl (C=O) groups is 1. The highest BCUT2D eigenvalue weighted by Gasteiger charge is 2.22. The largest absolute Gasteiger partial charge is 0.497 e. The Morgan fingerprint density at radius 3 is 2.83 bits per heavy atom. The maximum atomic E-state index is 12.7. The molecular weight excluding hydrogens is 406 g/mol. The first-order valence-corrected chi connectivity index (χ1v) is 11.2. The normalized spacial score (nSPS) is 12.6. The van der Waals surface area contributed by atoms with Gasteiger partial charge in [-0.25, -0.2) is 4.79 Å². The zero-order chi connectivity index (χ0) is 20.2. The average Bonchev–Trinajstić information content (AvgIpc) is 3.41. The molecule has 0 fully saturated rings. The van der Waals surface area contributed by atoms with Crippen LogP contribution in [0.15, 0.2) is 51.6 Å². The van der Waals surface area contributed by atoms with Gasteiger partial charge in [0.15, 0.2) is 0 Å². The molecule has 0 saturated carbocycles. The highest BCUT2D eigenvalue weighted by atomic mass is 32.2. The van der Waals surface area contributed by atoms with Gasteiger partial charge in [0.2, 0.25) is 5.91 Å². The number of nitrogens with one attached hydrogen (secondary N) is 1. The second kappa shape index (κ2) is 8.84. The molecule has 1 aliphatic rings. The van der Waals surface area contributed by atoms with E-state index in [4.69, 9.17) is 4.74 Å². The lowest BCUT2D eigenvalue weighted by molar-refractivity contribution is -0.113. The van der Waals surface area contributed by atoms with E-state index in [9.17, 15) is 9.59 Å². The molecule has 0 saturated heterocycles. The summed E-state index contributed by atoms with van der Waals surface area (Å²) in [4.78, 5) is 30.4. The number of aromatic nitrogens is 2. The molecule has 2 heterocycles. The van der Waals surface area contributed by atoms with E-state index < -0.39 is 0 Å². The highest BCUT2D eigenvalue weighted by Crippen LogP contribution is 2.30. The van der Waals surface area contributed by atoms with E-state index in [2.05, 4.69) is 10.3 Å². The van der Waals surface area contributed by atoms with Gasteiger partial charge in [-0.3, -0.25) is 9.36 Å². The molecule has 8 heteroatoms. The molecule has 150 valence electrons. The quantitative estimate of drug-likeness (QED) is 0.461. The third-order valence-corrected chi connectivity index (χ3v) is 6.69.